The average molecular weight is 402 g/mol. The fourth-order valence-electron chi connectivity index (χ4n) is 2.63. The third-order valence-corrected chi connectivity index (χ3v) is 4.11. The van der Waals surface area contributed by atoms with E-state index in [0.717, 1.165) is 0 Å². The summed E-state index contributed by atoms with van der Waals surface area (Å²) in [5, 5.41) is 5.92. The Balaban J connectivity index is 1.74. The summed E-state index contributed by atoms with van der Waals surface area (Å²) in [4.78, 5) is 29.4. The molecule has 152 valence electrons. The zero-order chi connectivity index (χ0) is 21.5. The van der Waals surface area contributed by atoms with Gasteiger partial charge >= 0.3 is 0 Å². The number of carbonyl (C=O) groups excluding carboxylic acids is 2. The number of nitrogens with zero attached hydrogens (tertiary/aromatic N) is 2. The highest BCUT2D eigenvalue weighted by Crippen LogP contribution is 2.28. The number of para-hydroxylation sites is 2. The van der Waals surface area contributed by atoms with Crippen LogP contribution in [0.25, 0.3) is 0 Å². The van der Waals surface area contributed by atoms with Crippen LogP contribution in [0.5, 0.6) is 11.5 Å². The molecule has 1 aromatic heterocycles. The maximum Gasteiger partial charge on any atom is 0.253 e. The number of hydrogen-bond acceptors (Lipinski definition) is 5. The minimum Gasteiger partial charge on any atom is -0.457 e. The Morgan fingerprint density at radius 2 is 1.70 bits per heavy atom. The van der Waals surface area contributed by atoms with Crippen molar-refractivity contribution in [2.75, 3.05) is 24.7 Å². The number of rotatable bonds is 7. The normalized spacial score (nSPS) is 10.1. The van der Waals surface area contributed by atoms with E-state index in [0.29, 0.717) is 34.3 Å². The second-order valence-corrected chi connectivity index (χ2v) is 6.57. The molecule has 2 aromatic carbocycles. The summed E-state index contributed by atoms with van der Waals surface area (Å²) in [7, 11) is 3.42. The van der Waals surface area contributed by atoms with Crippen LogP contribution < -0.4 is 15.4 Å². The van der Waals surface area contributed by atoms with Gasteiger partial charge in [0.2, 0.25) is 5.91 Å². The van der Waals surface area contributed by atoms with E-state index in [9.17, 15) is 9.59 Å². The minimum atomic E-state index is -0.300. The lowest BCUT2D eigenvalue weighted by molar-refractivity contribution is -0.111. The fourth-order valence-corrected chi connectivity index (χ4v) is 2.63. The first-order valence-electron chi connectivity index (χ1n) is 9.21. The Morgan fingerprint density at radius 3 is 2.37 bits per heavy atom. The van der Waals surface area contributed by atoms with Crippen molar-refractivity contribution in [1.29, 1.82) is 0 Å². The predicted molar refractivity (Wildman–Crippen MR) is 117 cm³/mol. The number of anilines is 3. The first-order chi connectivity index (χ1) is 14.5. The zero-order valence-corrected chi connectivity index (χ0v) is 16.8. The topological polar surface area (TPSA) is 83.6 Å². The van der Waals surface area contributed by atoms with Crippen LogP contribution in [0.3, 0.4) is 0 Å². The molecule has 0 fully saturated rings. The summed E-state index contributed by atoms with van der Waals surface area (Å²) < 4.78 is 5.88. The van der Waals surface area contributed by atoms with Crippen molar-refractivity contribution in [3.8, 4) is 11.5 Å². The third kappa shape index (κ3) is 5.23. The molecule has 0 atom stereocenters. The van der Waals surface area contributed by atoms with Gasteiger partial charge in [0.05, 0.1) is 11.4 Å². The summed E-state index contributed by atoms with van der Waals surface area (Å²) in [5.74, 6) is 1.35. The number of ether oxygens (including phenoxy) is 1. The number of benzene rings is 2. The molecule has 30 heavy (non-hydrogen) atoms. The average Bonchev–Trinajstić information content (AvgIpc) is 2.75. The Kier molecular flexibility index (Phi) is 6.44. The molecule has 2 amide bonds. The van der Waals surface area contributed by atoms with E-state index in [1.54, 1.807) is 62.8 Å². The highest BCUT2D eigenvalue weighted by Gasteiger charge is 2.09. The van der Waals surface area contributed by atoms with Crippen LogP contribution in [-0.4, -0.2) is 35.8 Å². The van der Waals surface area contributed by atoms with Gasteiger partial charge in [0.1, 0.15) is 17.3 Å². The van der Waals surface area contributed by atoms with Gasteiger partial charge in [-0.2, -0.15) is 0 Å². The van der Waals surface area contributed by atoms with Crippen LogP contribution in [0.2, 0.25) is 0 Å². The predicted octanol–water partition coefficient (Wildman–Crippen LogP) is 4.44. The van der Waals surface area contributed by atoms with E-state index in [-0.39, 0.29) is 11.8 Å². The van der Waals surface area contributed by atoms with Gasteiger partial charge in [-0.25, -0.2) is 4.98 Å². The molecule has 0 spiro atoms. The van der Waals surface area contributed by atoms with Gasteiger partial charge < -0.3 is 20.3 Å². The van der Waals surface area contributed by atoms with Crippen LogP contribution >= 0.6 is 0 Å². The third-order valence-electron chi connectivity index (χ3n) is 4.11. The lowest BCUT2D eigenvalue weighted by Gasteiger charge is -2.13. The smallest absolute Gasteiger partial charge is 0.253 e. The van der Waals surface area contributed by atoms with Crippen LogP contribution in [0.15, 0.2) is 79.5 Å². The molecule has 0 unspecified atom stereocenters. The summed E-state index contributed by atoms with van der Waals surface area (Å²) in [6.07, 6.45) is 2.83. The SMILES string of the molecule is C=CC(=O)Nc1ccccc1Nc1cc(Oc2ccc(C(=O)N(C)C)cc2)ccn1. The maximum atomic E-state index is 12.0. The first kappa shape index (κ1) is 20.6. The molecule has 0 aliphatic heterocycles. The van der Waals surface area contributed by atoms with Gasteiger partial charge in [-0.15, -0.1) is 0 Å². The molecule has 0 saturated carbocycles. The molecule has 7 nitrogen and oxygen atoms in total. The lowest BCUT2D eigenvalue weighted by atomic mass is 10.2. The molecule has 0 radical (unpaired) electrons. The molecule has 0 aliphatic carbocycles. The van der Waals surface area contributed by atoms with Crippen LogP contribution in [0, 0.1) is 0 Å². The number of pyridine rings is 1. The van der Waals surface area contributed by atoms with E-state index in [4.69, 9.17) is 4.74 Å². The molecule has 0 bridgehead atoms. The first-order valence-corrected chi connectivity index (χ1v) is 9.21. The van der Waals surface area contributed by atoms with E-state index in [1.165, 1.54) is 11.0 Å². The largest absolute Gasteiger partial charge is 0.457 e. The van der Waals surface area contributed by atoms with Gasteiger partial charge in [0.25, 0.3) is 5.91 Å². The van der Waals surface area contributed by atoms with Crippen LogP contribution in [0.1, 0.15) is 10.4 Å². The molecule has 0 aliphatic rings. The van der Waals surface area contributed by atoms with Crippen LogP contribution in [-0.2, 0) is 4.79 Å². The summed E-state index contributed by atoms with van der Waals surface area (Å²) in [5.41, 5.74) is 1.88. The van der Waals surface area contributed by atoms with Crippen molar-refractivity contribution in [3.63, 3.8) is 0 Å². The van der Waals surface area contributed by atoms with Crippen LogP contribution in [0.4, 0.5) is 17.2 Å². The van der Waals surface area contributed by atoms with E-state index >= 15 is 0 Å². The summed E-state index contributed by atoms with van der Waals surface area (Å²) in [6.45, 7) is 3.46. The van der Waals surface area contributed by atoms with E-state index < -0.39 is 0 Å². The van der Waals surface area contributed by atoms with Gasteiger partial charge in [-0.05, 0) is 48.5 Å². The van der Waals surface area contributed by atoms with Gasteiger partial charge in [0, 0.05) is 31.9 Å². The Hall–Kier alpha value is -4.13. The Labute approximate surface area is 175 Å². The van der Waals surface area contributed by atoms with E-state index in [1.807, 2.05) is 18.2 Å². The van der Waals surface area contributed by atoms with Gasteiger partial charge in [-0.3, -0.25) is 9.59 Å². The van der Waals surface area contributed by atoms with Crippen molar-refractivity contribution < 1.29 is 14.3 Å². The van der Waals surface area contributed by atoms with Crippen molar-refractivity contribution >= 4 is 29.0 Å². The molecule has 3 rings (SSSR count). The molecule has 3 aromatic rings. The molecular weight excluding hydrogens is 380 g/mol. The van der Waals surface area contributed by atoms with E-state index in [2.05, 4.69) is 22.2 Å². The minimum absolute atomic E-state index is 0.0702. The van der Waals surface area contributed by atoms with Crippen molar-refractivity contribution in [3.05, 3.63) is 85.1 Å². The van der Waals surface area contributed by atoms with Crippen molar-refractivity contribution in [2.45, 2.75) is 0 Å². The second-order valence-electron chi connectivity index (χ2n) is 6.57. The number of amides is 2. The Bertz CT molecular complexity index is 1060. The molecule has 7 heteroatoms. The maximum absolute atomic E-state index is 12.0. The number of hydrogen-bond donors (Lipinski definition) is 2. The van der Waals surface area contributed by atoms with Gasteiger partial charge in [0.15, 0.2) is 0 Å². The lowest BCUT2D eigenvalue weighted by Crippen LogP contribution is -2.21. The summed E-state index contributed by atoms with van der Waals surface area (Å²) >= 11 is 0. The second kappa shape index (κ2) is 9.38. The number of nitrogens with one attached hydrogen (secondary N) is 2. The van der Waals surface area contributed by atoms with Crippen molar-refractivity contribution in [2.24, 2.45) is 0 Å². The number of aromatic nitrogens is 1. The quantitative estimate of drug-likeness (QED) is 0.571. The van der Waals surface area contributed by atoms with Gasteiger partial charge in [-0.1, -0.05) is 18.7 Å². The van der Waals surface area contributed by atoms with Crippen molar-refractivity contribution in [1.82, 2.24) is 9.88 Å². The Morgan fingerprint density at radius 1 is 1.00 bits per heavy atom. The molecule has 1 heterocycles. The fraction of sp³-hybridized carbons (Fsp3) is 0.0870. The highest BCUT2D eigenvalue weighted by atomic mass is 16.5. The zero-order valence-electron chi connectivity index (χ0n) is 16.8. The summed E-state index contributed by atoms with van der Waals surface area (Å²) in [6, 6.07) is 17.7. The monoisotopic (exact) mass is 402 g/mol. The molecular formula is C23H22N4O3. The number of carbonyl (C=O) groups is 2. The molecule has 0 saturated heterocycles. The molecule has 2 N–H and O–H groups in total. The standard InChI is InChI=1S/C23H22N4O3/c1-4-22(28)26-20-8-6-5-7-19(20)25-21-15-18(13-14-24-21)30-17-11-9-16(10-12-17)23(29)27(2)3/h4-15H,1H2,2-3H3,(H,24,25)(H,26,28). The highest BCUT2D eigenvalue weighted by molar-refractivity contribution is 6.01.